The van der Waals surface area contributed by atoms with Crippen LogP contribution in [0.15, 0.2) is 12.2 Å². The van der Waals surface area contributed by atoms with Crippen LogP contribution < -0.4 is 0 Å². The van der Waals surface area contributed by atoms with Crippen LogP contribution in [0.25, 0.3) is 0 Å². The van der Waals surface area contributed by atoms with Crippen molar-refractivity contribution in [1.29, 1.82) is 0 Å². The number of Topliss-reactive ketones (excluding diaryl/α,β-unsaturated/α-hetero) is 1. The molecule has 0 N–H and O–H groups in total. The number of rotatable bonds is 2. The van der Waals surface area contributed by atoms with E-state index in [0.717, 1.165) is 19.3 Å². The molecule has 0 aromatic carbocycles. The summed E-state index contributed by atoms with van der Waals surface area (Å²) in [5.41, 5.74) is -0.424. The summed E-state index contributed by atoms with van der Waals surface area (Å²) in [6, 6.07) is -0.244. The van der Waals surface area contributed by atoms with Crippen molar-refractivity contribution in [2.75, 3.05) is 0 Å². The summed E-state index contributed by atoms with van der Waals surface area (Å²) in [6.45, 7) is 5.66. The van der Waals surface area contributed by atoms with Crippen molar-refractivity contribution in [3.63, 3.8) is 0 Å². The van der Waals surface area contributed by atoms with Crippen LogP contribution in [0.1, 0.15) is 40.0 Å². The minimum absolute atomic E-state index is 0.150. The molecule has 2 atom stereocenters. The number of carbonyl (C=O) groups excluding carboxylic acids is 3. The number of ketones is 1. The van der Waals surface area contributed by atoms with E-state index < -0.39 is 5.41 Å². The van der Waals surface area contributed by atoms with Gasteiger partial charge in [-0.1, -0.05) is 27.2 Å². The SMILES string of the molecule is CC(C)(C)C(=O)C1CCCC1N1C(=O)C=CC1=O. The lowest BCUT2D eigenvalue weighted by Gasteiger charge is -2.30. The molecule has 2 rings (SSSR count). The van der Waals surface area contributed by atoms with E-state index in [4.69, 9.17) is 0 Å². The molecule has 4 heteroatoms. The molecular formula is C14H19NO3. The van der Waals surface area contributed by atoms with Gasteiger partial charge in [-0.3, -0.25) is 19.3 Å². The Morgan fingerprint density at radius 3 is 2.22 bits per heavy atom. The highest BCUT2D eigenvalue weighted by atomic mass is 16.2. The molecular weight excluding hydrogens is 230 g/mol. The van der Waals surface area contributed by atoms with Gasteiger partial charge in [0, 0.05) is 23.5 Å². The van der Waals surface area contributed by atoms with E-state index in [0.29, 0.717) is 0 Å². The molecule has 1 aliphatic heterocycles. The van der Waals surface area contributed by atoms with Gasteiger partial charge in [0.15, 0.2) is 0 Å². The monoisotopic (exact) mass is 249 g/mol. The molecule has 0 radical (unpaired) electrons. The van der Waals surface area contributed by atoms with Crippen molar-refractivity contribution in [1.82, 2.24) is 4.90 Å². The average Bonchev–Trinajstić information content (AvgIpc) is 2.83. The second kappa shape index (κ2) is 4.34. The largest absolute Gasteiger partial charge is 0.299 e. The van der Waals surface area contributed by atoms with Gasteiger partial charge >= 0.3 is 0 Å². The van der Waals surface area contributed by atoms with Crippen molar-refractivity contribution in [2.24, 2.45) is 11.3 Å². The van der Waals surface area contributed by atoms with Gasteiger partial charge in [0.1, 0.15) is 5.78 Å². The molecule has 0 aromatic heterocycles. The molecule has 2 unspecified atom stereocenters. The van der Waals surface area contributed by atoms with Gasteiger partial charge in [0.05, 0.1) is 6.04 Å². The number of hydrogen-bond acceptors (Lipinski definition) is 3. The van der Waals surface area contributed by atoms with E-state index >= 15 is 0 Å². The van der Waals surface area contributed by atoms with Gasteiger partial charge in [-0.05, 0) is 12.8 Å². The number of amides is 2. The molecule has 1 saturated carbocycles. The van der Waals surface area contributed by atoms with E-state index in [2.05, 4.69) is 0 Å². The summed E-state index contributed by atoms with van der Waals surface area (Å²) in [5.74, 6) is -0.604. The summed E-state index contributed by atoms with van der Waals surface area (Å²) in [6.07, 6.45) is 5.00. The maximum Gasteiger partial charge on any atom is 0.253 e. The Morgan fingerprint density at radius 2 is 1.72 bits per heavy atom. The van der Waals surface area contributed by atoms with Crippen LogP contribution in [0.2, 0.25) is 0 Å². The summed E-state index contributed by atoms with van der Waals surface area (Å²) < 4.78 is 0. The second-order valence-electron chi connectivity index (χ2n) is 6.10. The van der Waals surface area contributed by atoms with E-state index in [1.54, 1.807) is 0 Å². The molecule has 18 heavy (non-hydrogen) atoms. The Kier molecular flexibility index (Phi) is 3.13. The van der Waals surface area contributed by atoms with Gasteiger partial charge in [-0.15, -0.1) is 0 Å². The minimum atomic E-state index is -0.424. The van der Waals surface area contributed by atoms with Crippen molar-refractivity contribution < 1.29 is 14.4 Å². The molecule has 1 fully saturated rings. The smallest absolute Gasteiger partial charge is 0.253 e. The Bertz CT molecular complexity index is 413. The molecule has 1 aliphatic carbocycles. The maximum atomic E-state index is 12.4. The van der Waals surface area contributed by atoms with Crippen molar-refractivity contribution in [2.45, 2.75) is 46.1 Å². The quantitative estimate of drug-likeness (QED) is 0.700. The van der Waals surface area contributed by atoms with Crippen LogP contribution in [0.4, 0.5) is 0 Å². The number of carbonyl (C=O) groups is 3. The predicted octanol–water partition coefficient (Wildman–Crippen LogP) is 1.70. The first-order valence-corrected chi connectivity index (χ1v) is 6.42. The minimum Gasteiger partial charge on any atom is -0.299 e. The zero-order valence-electron chi connectivity index (χ0n) is 11.1. The normalized spacial score (nSPS) is 28.3. The first-order chi connectivity index (χ1) is 8.32. The third kappa shape index (κ3) is 2.11. The molecule has 2 aliphatic rings. The fourth-order valence-electron chi connectivity index (χ4n) is 2.85. The van der Waals surface area contributed by atoms with E-state index in [9.17, 15) is 14.4 Å². The Labute approximate surface area is 107 Å². The molecule has 2 amide bonds. The summed E-state index contributed by atoms with van der Waals surface area (Å²) in [4.78, 5) is 37.0. The molecule has 1 heterocycles. The second-order valence-corrected chi connectivity index (χ2v) is 6.10. The third-order valence-electron chi connectivity index (χ3n) is 3.73. The van der Waals surface area contributed by atoms with Crippen molar-refractivity contribution in [3.05, 3.63) is 12.2 Å². The lowest BCUT2D eigenvalue weighted by atomic mass is 9.80. The van der Waals surface area contributed by atoms with Crippen LogP contribution in [0, 0.1) is 11.3 Å². The zero-order chi connectivity index (χ0) is 13.5. The standard InChI is InChI=1S/C14H19NO3/c1-14(2,3)13(18)9-5-4-6-10(9)15-11(16)7-8-12(15)17/h7-10H,4-6H2,1-3H3. The predicted molar refractivity (Wildman–Crippen MR) is 66.6 cm³/mol. The molecule has 0 bridgehead atoms. The van der Waals surface area contributed by atoms with Gasteiger partial charge in [-0.25, -0.2) is 0 Å². The molecule has 0 aromatic rings. The van der Waals surface area contributed by atoms with Gasteiger partial charge in [0.2, 0.25) is 0 Å². The highest BCUT2D eigenvalue weighted by Crippen LogP contribution is 2.36. The Morgan fingerprint density at radius 1 is 1.17 bits per heavy atom. The third-order valence-corrected chi connectivity index (χ3v) is 3.73. The Hall–Kier alpha value is -1.45. The van der Waals surface area contributed by atoms with Gasteiger partial charge < -0.3 is 0 Å². The average molecular weight is 249 g/mol. The topological polar surface area (TPSA) is 54.5 Å². The fraction of sp³-hybridized carbons (Fsp3) is 0.643. The number of imide groups is 1. The van der Waals surface area contributed by atoms with Crippen LogP contribution in [0.3, 0.4) is 0 Å². The maximum absolute atomic E-state index is 12.4. The van der Waals surface area contributed by atoms with E-state index in [-0.39, 0.29) is 29.6 Å². The zero-order valence-corrected chi connectivity index (χ0v) is 11.1. The summed E-state index contributed by atoms with van der Waals surface area (Å²) in [5, 5.41) is 0. The summed E-state index contributed by atoms with van der Waals surface area (Å²) in [7, 11) is 0. The first kappa shape index (κ1) is 13.0. The fourth-order valence-corrected chi connectivity index (χ4v) is 2.85. The van der Waals surface area contributed by atoms with E-state index in [1.807, 2.05) is 20.8 Å². The van der Waals surface area contributed by atoms with Crippen LogP contribution in [-0.2, 0) is 14.4 Å². The molecule has 0 spiro atoms. The lowest BCUT2D eigenvalue weighted by molar-refractivity contribution is -0.142. The summed E-state index contributed by atoms with van der Waals surface area (Å²) >= 11 is 0. The lowest BCUT2D eigenvalue weighted by Crippen LogP contribution is -2.46. The molecule has 0 saturated heterocycles. The Balaban J connectivity index is 2.21. The number of nitrogens with zero attached hydrogens (tertiary/aromatic N) is 1. The molecule has 4 nitrogen and oxygen atoms in total. The highest BCUT2D eigenvalue weighted by molar-refractivity contribution is 6.13. The van der Waals surface area contributed by atoms with E-state index in [1.165, 1.54) is 17.1 Å². The van der Waals surface area contributed by atoms with Crippen molar-refractivity contribution >= 4 is 17.6 Å². The van der Waals surface area contributed by atoms with Gasteiger partial charge in [-0.2, -0.15) is 0 Å². The molecule has 98 valence electrons. The van der Waals surface area contributed by atoms with Crippen LogP contribution in [-0.4, -0.2) is 28.5 Å². The van der Waals surface area contributed by atoms with Gasteiger partial charge in [0.25, 0.3) is 11.8 Å². The van der Waals surface area contributed by atoms with Crippen molar-refractivity contribution in [3.8, 4) is 0 Å². The first-order valence-electron chi connectivity index (χ1n) is 6.42. The highest BCUT2D eigenvalue weighted by Gasteiger charge is 2.44. The number of hydrogen-bond donors (Lipinski definition) is 0. The van der Waals surface area contributed by atoms with Crippen LogP contribution in [0.5, 0.6) is 0 Å². The van der Waals surface area contributed by atoms with Crippen LogP contribution >= 0.6 is 0 Å².